The molecule has 2 amide bonds. The highest BCUT2D eigenvalue weighted by atomic mass is 31.2. The number of nitrogens with one attached hydrogen (secondary N) is 2. The third kappa shape index (κ3) is 7.35. The van der Waals surface area contributed by atoms with E-state index < -0.39 is 68.7 Å². The molecule has 6 atom stereocenters. The van der Waals surface area contributed by atoms with E-state index >= 15 is 0 Å². The van der Waals surface area contributed by atoms with Gasteiger partial charge in [0.15, 0.2) is 5.54 Å². The van der Waals surface area contributed by atoms with Crippen molar-refractivity contribution in [1.82, 2.24) is 15.5 Å². The highest BCUT2D eigenvalue weighted by molar-refractivity contribution is 7.52. The van der Waals surface area contributed by atoms with Crippen LogP contribution in [0.1, 0.15) is 13.8 Å². The van der Waals surface area contributed by atoms with Gasteiger partial charge in [-0.3, -0.25) is 19.1 Å². The van der Waals surface area contributed by atoms with Gasteiger partial charge in [0, 0.05) is 20.0 Å². The van der Waals surface area contributed by atoms with Crippen LogP contribution in [0, 0.1) is 0 Å². The molecule has 2 unspecified atom stereocenters. The van der Waals surface area contributed by atoms with Gasteiger partial charge < -0.3 is 40.5 Å². The smallest absolute Gasteiger partial charge is 0.331 e. The SMILES string of the molecule is C=CC(=O)NC(C)(COP(=O)(O)CCN1[C@H](CO)[C@@H](O)[C@H](O)[C@H]1CNC(C)=O)C(=O)O. The summed E-state index contributed by atoms with van der Waals surface area (Å²) in [7, 11) is -4.39. The number of hydrogen-bond donors (Lipinski definition) is 7. The quantitative estimate of drug-likeness (QED) is 0.116. The number of hydrogen-bond acceptors (Lipinski definition) is 9. The summed E-state index contributed by atoms with van der Waals surface area (Å²) in [6, 6.07) is -1.79. The fourth-order valence-electron chi connectivity index (χ4n) is 3.13. The Hall–Kier alpha value is -1.86. The topological polar surface area (TPSA) is 206 Å². The number of carbonyl (C=O) groups is 3. The second kappa shape index (κ2) is 11.1. The Balaban J connectivity index is 2.85. The number of aliphatic hydroxyl groups is 3. The maximum atomic E-state index is 12.4. The van der Waals surface area contributed by atoms with Crippen LogP contribution in [0.25, 0.3) is 0 Å². The summed E-state index contributed by atoms with van der Waals surface area (Å²) in [6.45, 7) is 3.87. The van der Waals surface area contributed by atoms with Crippen LogP contribution in [0.4, 0.5) is 0 Å². The van der Waals surface area contributed by atoms with Crippen LogP contribution in [0.5, 0.6) is 0 Å². The highest BCUT2D eigenvalue weighted by Gasteiger charge is 2.47. The van der Waals surface area contributed by atoms with Crippen molar-refractivity contribution < 1.29 is 48.8 Å². The normalized spacial score (nSPS) is 27.7. The van der Waals surface area contributed by atoms with E-state index in [9.17, 15) is 44.3 Å². The van der Waals surface area contributed by atoms with Crippen molar-refractivity contribution in [2.24, 2.45) is 0 Å². The van der Waals surface area contributed by atoms with E-state index in [-0.39, 0.29) is 19.0 Å². The van der Waals surface area contributed by atoms with Crippen LogP contribution >= 0.6 is 7.60 Å². The first-order valence-electron chi connectivity index (χ1n) is 9.39. The summed E-state index contributed by atoms with van der Waals surface area (Å²) in [5.74, 6) is -2.70. The molecule has 0 aromatic rings. The Morgan fingerprint density at radius 1 is 1.26 bits per heavy atom. The van der Waals surface area contributed by atoms with E-state index in [1.807, 2.05) is 0 Å². The zero-order chi connectivity index (χ0) is 24.0. The molecule has 1 saturated heterocycles. The molecular formula is C17H30N3O10P. The summed E-state index contributed by atoms with van der Waals surface area (Å²) in [5.41, 5.74) is -1.99. The largest absolute Gasteiger partial charge is 0.479 e. The average Bonchev–Trinajstić information content (AvgIpc) is 2.92. The monoisotopic (exact) mass is 467 g/mol. The first-order valence-corrected chi connectivity index (χ1v) is 11.2. The fraction of sp³-hybridized carbons (Fsp3) is 0.706. The summed E-state index contributed by atoms with van der Waals surface area (Å²) < 4.78 is 17.4. The number of carboxylic acid groups (broad SMARTS) is 1. The maximum absolute atomic E-state index is 12.4. The van der Waals surface area contributed by atoms with Gasteiger partial charge >= 0.3 is 13.6 Å². The van der Waals surface area contributed by atoms with Gasteiger partial charge in [0.25, 0.3) is 0 Å². The number of rotatable bonds is 12. The van der Waals surface area contributed by atoms with Crippen molar-refractivity contribution in [2.75, 3.05) is 32.5 Å². The van der Waals surface area contributed by atoms with Gasteiger partial charge in [0.05, 0.1) is 43.7 Å². The molecule has 178 valence electrons. The van der Waals surface area contributed by atoms with Crippen LogP contribution < -0.4 is 10.6 Å². The summed E-state index contributed by atoms with van der Waals surface area (Å²) >= 11 is 0. The highest BCUT2D eigenvalue weighted by Crippen LogP contribution is 2.43. The second-order valence-electron chi connectivity index (χ2n) is 7.44. The number of carboxylic acids is 1. The lowest BCUT2D eigenvalue weighted by atomic mass is 10.0. The summed E-state index contributed by atoms with van der Waals surface area (Å²) in [6.07, 6.45) is -2.38. The molecule has 13 nitrogen and oxygen atoms in total. The number of amides is 2. The van der Waals surface area contributed by atoms with Gasteiger partial charge in [-0.15, -0.1) is 0 Å². The third-order valence-electron chi connectivity index (χ3n) is 4.99. The maximum Gasteiger partial charge on any atom is 0.331 e. The van der Waals surface area contributed by atoms with Gasteiger partial charge in [-0.2, -0.15) is 0 Å². The second-order valence-corrected chi connectivity index (χ2v) is 9.42. The van der Waals surface area contributed by atoms with Gasteiger partial charge in [-0.25, -0.2) is 4.79 Å². The Morgan fingerprint density at radius 2 is 1.84 bits per heavy atom. The first kappa shape index (κ1) is 27.2. The lowest BCUT2D eigenvalue weighted by Gasteiger charge is -2.31. The van der Waals surface area contributed by atoms with E-state index in [0.29, 0.717) is 0 Å². The van der Waals surface area contributed by atoms with Gasteiger partial charge in [-0.1, -0.05) is 6.58 Å². The molecule has 31 heavy (non-hydrogen) atoms. The minimum absolute atomic E-state index is 0.0781. The Bertz CT molecular complexity index is 735. The van der Waals surface area contributed by atoms with Crippen molar-refractivity contribution >= 4 is 25.4 Å². The van der Waals surface area contributed by atoms with Gasteiger partial charge in [-0.05, 0) is 13.0 Å². The fourth-order valence-corrected chi connectivity index (χ4v) is 4.21. The summed E-state index contributed by atoms with van der Waals surface area (Å²) in [4.78, 5) is 45.6. The number of carbonyl (C=O) groups excluding carboxylic acids is 2. The van der Waals surface area contributed by atoms with Crippen molar-refractivity contribution in [3.63, 3.8) is 0 Å². The Labute approximate surface area is 179 Å². The van der Waals surface area contributed by atoms with E-state index in [2.05, 4.69) is 17.2 Å². The molecule has 0 radical (unpaired) electrons. The summed E-state index contributed by atoms with van der Waals surface area (Å²) in [5, 5.41) is 43.8. The molecule has 7 N–H and O–H groups in total. The predicted octanol–water partition coefficient (Wildman–Crippen LogP) is -2.76. The van der Waals surface area contributed by atoms with Gasteiger partial charge in [0.1, 0.15) is 0 Å². The number of nitrogens with zero attached hydrogens (tertiary/aromatic N) is 1. The zero-order valence-corrected chi connectivity index (χ0v) is 18.2. The average molecular weight is 467 g/mol. The molecule has 0 aliphatic carbocycles. The molecule has 0 aromatic heterocycles. The van der Waals surface area contributed by atoms with Crippen molar-refractivity contribution in [2.45, 2.75) is 43.7 Å². The molecule has 0 spiro atoms. The minimum atomic E-state index is -4.39. The third-order valence-corrected chi connectivity index (χ3v) is 6.29. The minimum Gasteiger partial charge on any atom is -0.479 e. The molecule has 1 heterocycles. The molecular weight excluding hydrogens is 437 g/mol. The van der Waals surface area contributed by atoms with Crippen molar-refractivity contribution in [3.05, 3.63) is 12.7 Å². The Kier molecular flexibility index (Phi) is 9.76. The van der Waals surface area contributed by atoms with E-state index in [0.717, 1.165) is 13.0 Å². The Morgan fingerprint density at radius 3 is 2.32 bits per heavy atom. The molecule has 14 heteroatoms. The number of aliphatic carboxylic acids is 1. The van der Waals surface area contributed by atoms with E-state index in [1.165, 1.54) is 11.8 Å². The number of aliphatic hydroxyl groups excluding tert-OH is 3. The number of likely N-dealkylation sites (tertiary alicyclic amines) is 1. The zero-order valence-electron chi connectivity index (χ0n) is 17.3. The van der Waals surface area contributed by atoms with Crippen LogP contribution in [-0.2, 0) is 23.5 Å². The molecule has 1 fully saturated rings. The first-order chi connectivity index (χ1) is 14.3. The van der Waals surface area contributed by atoms with Gasteiger partial charge in [0.2, 0.25) is 11.8 Å². The van der Waals surface area contributed by atoms with E-state index in [1.54, 1.807) is 0 Å². The van der Waals surface area contributed by atoms with Crippen LogP contribution in [0.2, 0.25) is 0 Å². The molecule has 1 aliphatic rings. The standard InChI is InChI=1S/C17H30N3O10P/c1-4-13(23)19-17(3,16(26)27)9-30-31(28,29)6-5-20-11(7-18-10(2)22)14(24)15(25)12(20)8-21/h4,11-12,14-15,21,24-25H,1,5-9H2,2-3H3,(H,18,22)(H,19,23)(H,26,27)(H,28,29)/t11-,12-,14-,15-,17?/m1/s1. The molecule has 0 saturated carbocycles. The van der Waals surface area contributed by atoms with Crippen molar-refractivity contribution in [3.8, 4) is 0 Å². The van der Waals surface area contributed by atoms with Crippen LogP contribution in [0.15, 0.2) is 12.7 Å². The lowest BCUT2D eigenvalue weighted by Crippen LogP contribution is -2.55. The molecule has 0 bridgehead atoms. The van der Waals surface area contributed by atoms with Crippen LogP contribution in [-0.4, -0.2) is 110 Å². The molecule has 0 aromatic carbocycles. The predicted molar refractivity (Wildman–Crippen MR) is 107 cm³/mol. The molecule has 1 aliphatic heterocycles. The molecule has 1 rings (SSSR count). The van der Waals surface area contributed by atoms with Crippen LogP contribution in [0.3, 0.4) is 0 Å². The lowest BCUT2D eigenvalue weighted by molar-refractivity contribution is -0.147. The van der Waals surface area contributed by atoms with E-state index in [4.69, 9.17) is 4.52 Å². The van der Waals surface area contributed by atoms with Crippen molar-refractivity contribution in [1.29, 1.82) is 0 Å².